The number of benzene rings is 1. The monoisotopic (exact) mass is 309 g/mol. The number of hydrogen-bond donors (Lipinski definition) is 1. The minimum Gasteiger partial charge on any atom is -0.349 e. The average molecular weight is 310 g/mol. The second kappa shape index (κ2) is 5.95. The zero-order valence-corrected chi connectivity index (χ0v) is 12.9. The highest BCUT2D eigenvalue weighted by Crippen LogP contribution is 2.35. The first-order chi connectivity index (χ1) is 10.1. The molecular weight excluding hydrogens is 290 g/mol. The van der Waals surface area contributed by atoms with Crippen molar-refractivity contribution in [2.75, 3.05) is 13.2 Å². The second-order valence-corrected chi connectivity index (χ2v) is 6.25. The number of aryl methyl sites for hydroxylation is 1. The Balaban J connectivity index is 1.60. The van der Waals surface area contributed by atoms with Crippen LogP contribution in [0.25, 0.3) is 0 Å². The van der Waals surface area contributed by atoms with Crippen molar-refractivity contribution in [1.29, 1.82) is 0 Å². The fourth-order valence-corrected chi connectivity index (χ4v) is 3.26. The summed E-state index contributed by atoms with van der Waals surface area (Å²) in [4.78, 5) is 12.4. The van der Waals surface area contributed by atoms with E-state index in [0.717, 1.165) is 31.2 Å². The second-order valence-electron chi connectivity index (χ2n) is 5.81. The molecule has 2 aliphatic rings. The van der Waals surface area contributed by atoms with E-state index in [1.165, 1.54) is 0 Å². The van der Waals surface area contributed by atoms with E-state index in [1.54, 1.807) is 12.1 Å². The van der Waals surface area contributed by atoms with Gasteiger partial charge >= 0.3 is 0 Å². The van der Waals surface area contributed by atoms with E-state index >= 15 is 0 Å². The Bertz CT molecular complexity index is 530. The zero-order valence-electron chi connectivity index (χ0n) is 12.2. The predicted molar refractivity (Wildman–Crippen MR) is 80.5 cm³/mol. The summed E-state index contributed by atoms with van der Waals surface area (Å²) in [5.74, 6) is -0.433. The van der Waals surface area contributed by atoms with Crippen molar-refractivity contribution in [3.63, 3.8) is 0 Å². The van der Waals surface area contributed by atoms with Crippen molar-refractivity contribution in [3.05, 3.63) is 34.3 Å². The molecule has 0 unspecified atom stereocenters. The van der Waals surface area contributed by atoms with Gasteiger partial charge in [-0.05, 0) is 37.5 Å². The summed E-state index contributed by atoms with van der Waals surface area (Å²) in [6, 6.07) is 5.56. The van der Waals surface area contributed by atoms with Gasteiger partial charge in [-0.3, -0.25) is 4.79 Å². The SMILES string of the molecule is Cc1ccc(Cl)cc1C(=O)NC1CCC2(CC1)OCCO2. The topological polar surface area (TPSA) is 47.6 Å². The molecule has 5 heteroatoms. The van der Waals surface area contributed by atoms with Crippen molar-refractivity contribution in [3.8, 4) is 0 Å². The lowest BCUT2D eigenvalue weighted by Gasteiger charge is -2.35. The number of carbonyl (C=O) groups excluding carboxylic acids is 1. The van der Waals surface area contributed by atoms with Gasteiger partial charge in [0.15, 0.2) is 5.79 Å². The van der Waals surface area contributed by atoms with Gasteiger partial charge in [-0.15, -0.1) is 0 Å². The van der Waals surface area contributed by atoms with E-state index in [4.69, 9.17) is 21.1 Å². The van der Waals surface area contributed by atoms with E-state index < -0.39 is 0 Å². The molecule has 1 amide bonds. The van der Waals surface area contributed by atoms with Gasteiger partial charge < -0.3 is 14.8 Å². The van der Waals surface area contributed by atoms with Gasteiger partial charge in [-0.1, -0.05) is 17.7 Å². The molecule has 0 bridgehead atoms. The van der Waals surface area contributed by atoms with E-state index in [-0.39, 0.29) is 17.7 Å². The minimum absolute atomic E-state index is 0.0517. The molecule has 0 atom stereocenters. The molecule has 0 radical (unpaired) electrons. The Morgan fingerprint density at radius 1 is 1.29 bits per heavy atom. The van der Waals surface area contributed by atoms with Gasteiger partial charge in [0.1, 0.15) is 0 Å². The number of amides is 1. The van der Waals surface area contributed by atoms with Crippen LogP contribution in [0.5, 0.6) is 0 Å². The van der Waals surface area contributed by atoms with Crippen LogP contribution in [0, 0.1) is 6.92 Å². The summed E-state index contributed by atoms with van der Waals surface area (Å²) >= 11 is 5.97. The normalized spacial score (nSPS) is 21.6. The van der Waals surface area contributed by atoms with Gasteiger partial charge in [0, 0.05) is 29.5 Å². The van der Waals surface area contributed by atoms with Crippen LogP contribution in [-0.2, 0) is 9.47 Å². The Morgan fingerprint density at radius 3 is 2.62 bits per heavy atom. The molecule has 114 valence electrons. The summed E-state index contributed by atoms with van der Waals surface area (Å²) in [6.45, 7) is 3.28. The van der Waals surface area contributed by atoms with Crippen molar-refractivity contribution in [1.82, 2.24) is 5.32 Å². The number of halogens is 1. The molecule has 1 saturated carbocycles. The van der Waals surface area contributed by atoms with Crippen molar-refractivity contribution in [2.45, 2.75) is 44.4 Å². The number of carbonyl (C=O) groups is 1. The van der Waals surface area contributed by atoms with E-state index in [9.17, 15) is 4.79 Å². The van der Waals surface area contributed by atoms with E-state index in [1.807, 2.05) is 13.0 Å². The maximum Gasteiger partial charge on any atom is 0.251 e. The van der Waals surface area contributed by atoms with E-state index in [2.05, 4.69) is 5.32 Å². The molecule has 1 aromatic rings. The lowest BCUT2D eigenvalue weighted by molar-refractivity contribution is -0.179. The third kappa shape index (κ3) is 3.23. The Morgan fingerprint density at radius 2 is 1.95 bits per heavy atom. The van der Waals surface area contributed by atoms with Gasteiger partial charge in [0.2, 0.25) is 0 Å². The average Bonchev–Trinajstić information content (AvgIpc) is 2.93. The molecule has 1 N–H and O–H groups in total. The zero-order chi connectivity index (χ0) is 14.9. The van der Waals surface area contributed by atoms with Crippen molar-refractivity contribution < 1.29 is 14.3 Å². The molecule has 3 rings (SSSR count). The van der Waals surface area contributed by atoms with Crippen LogP contribution in [0.1, 0.15) is 41.6 Å². The molecule has 0 aromatic heterocycles. The van der Waals surface area contributed by atoms with Crippen LogP contribution in [0.2, 0.25) is 5.02 Å². The molecule has 1 spiro atoms. The first-order valence-corrected chi connectivity index (χ1v) is 7.81. The summed E-state index contributed by atoms with van der Waals surface area (Å²) in [5, 5.41) is 3.69. The van der Waals surface area contributed by atoms with Crippen LogP contribution in [-0.4, -0.2) is 30.9 Å². The van der Waals surface area contributed by atoms with E-state index in [0.29, 0.717) is 23.8 Å². The molecular formula is C16H20ClNO3. The number of nitrogens with one attached hydrogen (secondary N) is 1. The van der Waals surface area contributed by atoms with Gasteiger partial charge in [0.05, 0.1) is 13.2 Å². The lowest BCUT2D eigenvalue weighted by atomic mass is 9.90. The molecule has 1 heterocycles. The van der Waals surface area contributed by atoms with Crippen LogP contribution < -0.4 is 5.32 Å². The minimum atomic E-state index is -0.382. The summed E-state index contributed by atoms with van der Waals surface area (Å²) in [6.07, 6.45) is 3.44. The first kappa shape index (κ1) is 14.8. The van der Waals surface area contributed by atoms with Crippen LogP contribution >= 0.6 is 11.6 Å². The first-order valence-electron chi connectivity index (χ1n) is 7.43. The standard InChI is InChI=1S/C16H20ClNO3/c1-11-2-3-12(17)10-14(11)15(19)18-13-4-6-16(7-5-13)20-8-9-21-16/h2-3,10,13H,4-9H2,1H3,(H,18,19). The van der Waals surface area contributed by atoms with Crippen LogP contribution in [0.3, 0.4) is 0 Å². The summed E-state index contributed by atoms with van der Waals surface area (Å²) in [5.41, 5.74) is 1.59. The lowest BCUT2D eigenvalue weighted by Crippen LogP contribution is -2.44. The molecule has 1 aliphatic carbocycles. The highest BCUT2D eigenvalue weighted by atomic mass is 35.5. The number of rotatable bonds is 2. The van der Waals surface area contributed by atoms with Crippen LogP contribution in [0.4, 0.5) is 0 Å². The predicted octanol–water partition coefficient (Wildman–Crippen LogP) is 3.06. The highest BCUT2D eigenvalue weighted by Gasteiger charge is 2.40. The molecule has 4 nitrogen and oxygen atoms in total. The Hall–Kier alpha value is -1.10. The van der Waals surface area contributed by atoms with Crippen molar-refractivity contribution >= 4 is 17.5 Å². The third-order valence-electron chi connectivity index (χ3n) is 4.34. The third-order valence-corrected chi connectivity index (χ3v) is 4.58. The summed E-state index contributed by atoms with van der Waals surface area (Å²) in [7, 11) is 0. The fourth-order valence-electron chi connectivity index (χ4n) is 3.09. The molecule has 2 fully saturated rings. The Labute approximate surface area is 129 Å². The smallest absolute Gasteiger partial charge is 0.251 e. The maximum atomic E-state index is 12.4. The summed E-state index contributed by atoms with van der Waals surface area (Å²) < 4.78 is 11.4. The number of hydrogen-bond acceptors (Lipinski definition) is 3. The number of ether oxygens (including phenoxy) is 2. The van der Waals surface area contributed by atoms with Gasteiger partial charge in [-0.25, -0.2) is 0 Å². The van der Waals surface area contributed by atoms with Crippen molar-refractivity contribution in [2.24, 2.45) is 0 Å². The largest absolute Gasteiger partial charge is 0.349 e. The van der Waals surface area contributed by atoms with Gasteiger partial charge in [-0.2, -0.15) is 0 Å². The molecule has 21 heavy (non-hydrogen) atoms. The molecule has 1 aliphatic heterocycles. The molecule has 1 saturated heterocycles. The fraction of sp³-hybridized carbons (Fsp3) is 0.562. The Kier molecular flexibility index (Phi) is 4.20. The van der Waals surface area contributed by atoms with Gasteiger partial charge in [0.25, 0.3) is 5.91 Å². The highest BCUT2D eigenvalue weighted by molar-refractivity contribution is 6.31. The maximum absolute atomic E-state index is 12.4. The van der Waals surface area contributed by atoms with Crippen LogP contribution in [0.15, 0.2) is 18.2 Å². The molecule has 1 aromatic carbocycles. The quantitative estimate of drug-likeness (QED) is 0.913.